The van der Waals surface area contributed by atoms with E-state index in [1.54, 1.807) is 24.3 Å². The maximum atomic E-state index is 12.0. The number of rotatable bonds is 7. The fraction of sp³-hybridized carbons (Fsp3) is 0.278. The SMILES string of the molecule is CC(CNC(=O)CC(N)c1ccccc1)Oc1ccc(Cl)cc1. The molecule has 1 amide bonds. The number of nitrogens with one attached hydrogen (secondary N) is 1. The number of ether oxygens (including phenoxy) is 1. The van der Waals surface area contributed by atoms with E-state index < -0.39 is 0 Å². The van der Waals surface area contributed by atoms with Gasteiger partial charge in [-0.25, -0.2) is 0 Å². The van der Waals surface area contributed by atoms with Gasteiger partial charge in [-0.1, -0.05) is 41.9 Å². The molecular formula is C18H21ClN2O2. The Bertz CT molecular complexity index is 617. The summed E-state index contributed by atoms with van der Waals surface area (Å²) in [5.74, 6) is 0.630. The molecule has 0 radical (unpaired) electrons. The second-order valence-electron chi connectivity index (χ2n) is 5.41. The second kappa shape index (κ2) is 8.56. The first-order chi connectivity index (χ1) is 11.0. The lowest BCUT2D eigenvalue weighted by atomic mass is 10.0. The molecule has 23 heavy (non-hydrogen) atoms. The number of carbonyl (C=O) groups excluding carboxylic acids is 1. The van der Waals surface area contributed by atoms with Gasteiger partial charge in [0.1, 0.15) is 11.9 Å². The maximum absolute atomic E-state index is 12.0. The minimum absolute atomic E-state index is 0.0899. The Hall–Kier alpha value is -2.04. The molecule has 0 aliphatic rings. The Morgan fingerprint density at radius 2 is 1.83 bits per heavy atom. The largest absolute Gasteiger partial charge is 0.489 e. The Balaban J connectivity index is 1.74. The lowest BCUT2D eigenvalue weighted by Crippen LogP contribution is -2.35. The number of carbonyl (C=O) groups is 1. The molecule has 122 valence electrons. The average molecular weight is 333 g/mol. The van der Waals surface area contributed by atoms with E-state index in [2.05, 4.69) is 5.32 Å². The van der Waals surface area contributed by atoms with Gasteiger partial charge in [0.05, 0.1) is 6.54 Å². The first-order valence-electron chi connectivity index (χ1n) is 7.54. The molecule has 2 unspecified atom stereocenters. The van der Waals surface area contributed by atoms with Gasteiger partial charge >= 0.3 is 0 Å². The van der Waals surface area contributed by atoms with Crippen LogP contribution in [0.3, 0.4) is 0 Å². The van der Waals surface area contributed by atoms with Crippen LogP contribution in [0.25, 0.3) is 0 Å². The monoisotopic (exact) mass is 332 g/mol. The molecular weight excluding hydrogens is 312 g/mol. The average Bonchev–Trinajstić information content (AvgIpc) is 2.56. The minimum Gasteiger partial charge on any atom is -0.489 e. The molecule has 0 aliphatic heterocycles. The van der Waals surface area contributed by atoms with E-state index in [1.807, 2.05) is 37.3 Å². The lowest BCUT2D eigenvalue weighted by Gasteiger charge is -2.17. The van der Waals surface area contributed by atoms with Crippen molar-refractivity contribution in [2.45, 2.75) is 25.5 Å². The summed E-state index contributed by atoms with van der Waals surface area (Å²) >= 11 is 5.83. The highest BCUT2D eigenvalue weighted by Gasteiger charge is 2.12. The Morgan fingerprint density at radius 1 is 1.17 bits per heavy atom. The van der Waals surface area contributed by atoms with Gasteiger partial charge in [0.2, 0.25) is 5.91 Å². The third kappa shape index (κ3) is 5.93. The van der Waals surface area contributed by atoms with E-state index in [9.17, 15) is 4.79 Å². The Labute approximate surface area is 141 Å². The highest BCUT2D eigenvalue weighted by molar-refractivity contribution is 6.30. The summed E-state index contributed by atoms with van der Waals surface area (Å²) in [6.45, 7) is 2.31. The van der Waals surface area contributed by atoms with Gasteiger partial charge in [-0.05, 0) is 36.8 Å². The van der Waals surface area contributed by atoms with Crippen LogP contribution in [0.1, 0.15) is 24.9 Å². The van der Waals surface area contributed by atoms with Crippen LogP contribution in [0.5, 0.6) is 5.75 Å². The summed E-state index contributed by atoms with van der Waals surface area (Å²) in [4.78, 5) is 12.0. The van der Waals surface area contributed by atoms with E-state index >= 15 is 0 Å². The number of nitrogens with two attached hydrogens (primary N) is 1. The third-order valence-electron chi connectivity index (χ3n) is 3.37. The van der Waals surface area contributed by atoms with Gasteiger partial charge in [-0.3, -0.25) is 4.79 Å². The van der Waals surface area contributed by atoms with Crippen molar-refractivity contribution in [3.63, 3.8) is 0 Å². The highest BCUT2D eigenvalue weighted by Crippen LogP contribution is 2.17. The van der Waals surface area contributed by atoms with Crippen LogP contribution in [0, 0.1) is 0 Å². The minimum atomic E-state index is -0.302. The van der Waals surface area contributed by atoms with E-state index in [4.69, 9.17) is 22.1 Å². The topological polar surface area (TPSA) is 64.4 Å². The van der Waals surface area contributed by atoms with Gasteiger partial charge in [0.15, 0.2) is 0 Å². The van der Waals surface area contributed by atoms with Crippen molar-refractivity contribution in [2.24, 2.45) is 5.73 Å². The number of benzene rings is 2. The molecule has 0 spiro atoms. The van der Waals surface area contributed by atoms with E-state index in [-0.39, 0.29) is 24.5 Å². The standard InChI is InChI=1S/C18H21ClN2O2/c1-13(23-16-9-7-15(19)8-10-16)12-21-18(22)11-17(20)14-5-3-2-4-6-14/h2-10,13,17H,11-12,20H2,1H3,(H,21,22). The van der Waals surface area contributed by atoms with Crippen LogP contribution >= 0.6 is 11.6 Å². The molecule has 0 bridgehead atoms. The quantitative estimate of drug-likeness (QED) is 0.817. The zero-order valence-electron chi connectivity index (χ0n) is 13.0. The van der Waals surface area contributed by atoms with Crippen molar-refractivity contribution >= 4 is 17.5 Å². The molecule has 0 aliphatic carbocycles. The zero-order chi connectivity index (χ0) is 16.7. The second-order valence-corrected chi connectivity index (χ2v) is 5.84. The van der Waals surface area contributed by atoms with Crippen molar-refractivity contribution in [1.29, 1.82) is 0 Å². The molecule has 0 aromatic heterocycles. The molecule has 0 fully saturated rings. The summed E-state index contributed by atoms with van der Waals surface area (Å²) in [6.07, 6.45) is 0.102. The molecule has 0 heterocycles. The Kier molecular flexibility index (Phi) is 6.44. The predicted molar refractivity (Wildman–Crippen MR) is 92.5 cm³/mol. The normalized spacial score (nSPS) is 13.2. The van der Waals surface area contributed by atoms with Crippen molar-refractivity contribution in [3.05, 3.63) is 65.2 Å². The highest BCUT2D eigenvalue weighted by atomic mass is 35.5. The van der Waals surface area contributed by atoms with Crippen LogP contribution in [0.2, 0.25) is 5.02 Å². The number of hydrogen-bond donors (Lipinski definition) is 2. The van der Waals surface area contributed by atoms with E-state index in [1.165, 1.54) is 0 Å². The summed E-state index contributed by atoms with van der Waals surface area (Å²) < 4.78 is 5.70. The molecule has 2 rings (SSSR count). The molecule has 5 heteroatoms. The zero-order valence-corrected chi connectivity index (χ0v) is 13.8. The van der Waals surface area contributed by atoms with Gasteiger partial charge in [0.25, 0.3) is 0 Å². The van der Waals surface area contributed by atoms with Crippen molar-refractivity contribution in [2.75, 3.05) is 6.54 Å². The van der Waals surface area contributed by atoms with Gasteiger partial charge in [-0.2, -0.15) is 0 Å². The van der Waals surface area contributed by atoms with Crippen molar-refractivity contribution in [1.82, 2.24) is 5.32 Å². The fourth-order valence-corrected chi connectivity index (χ4v) is 2.26. The predicted octanol–water partition coefficient (Wildman–Crippen LogP) is 3.31. The number of hydrogen-bond acceptors (Lipinski definition) is 3. The smallest absolute Gasteiger partial charge is 0.222 e. The fourth-order valence-electron chi connectivity index (χ4n) is 2.13. The van der Waals surface area contributed by atoms with Gasteiger partial charge in [0, 0.05) is 17.5 Å². The van der Waals surface area contributed by atoms with E-state index in [0.29, 0.717) is 11.6 Å². The molecule has 3 N–H and O–H groups in total. The molecule has 4 nitrogen and oxygen atoms in total. The summed E-state index contributed by atoms with van der Waals surface area (Å²) in [5.41, 5.74) is 6.99. The van der Waals surface area contributed by atoms with Crippen molar-refractivity contribution < 1.29 is 9.53 Å². The van der Waals surface area contributed by atoms with E-state index in [0.717, 1.165) is 11.3 Å². The Morgan fingerprint density at radius 3 is 2.48 bits per heavy atom. The van der Waals surface area contributed by atoms with Crippen LogP contribution in [-0.4, -0.2) is 18.6 Å². The maximum Gasteiger partial charge on any atom is 0.222 e. The molecule has 2 atom stereocenters. The lowest BCUT2D eigenvalue weighted by molar-refractivity contribution is -0.121. The molecule has 2 aromatic rings. The van der Waals surface area contributed by atoms with Crippen LogP contribution in [0.4, 0.5) is 0 Å². The van der Waals surface area contributed by atoms with Gasteiger partial charge < -0.3 is 15.8 Å². The first kappa shape index (κ1) is 17.3. The van der Waals surface area contributed by atoms with Crippen LogP contribution in [-0.2, 0) is 4.79 Å². The summed E-state index contributed by atoms with van der Waals surface area (Å²) in [7, 11) is 0. The first-order valence-corrected chi connectivity index (χ1v) is 7.92. The molecule has 0 saturated heterocycles. The van der Waals surface area contributed by atoms with Crippen LogP contribution < -0.4 is 15.8 Å². The number of amides is 1. The van der Waals surface area contributed by atoms with Gasteiger partial charge in [-0.15, -0.1) is 0 Å². The summed E-state index contributed by atoms with van der Waals surface area (Å²) in [6, 6.07) is 16.4. The van der Waals surface area contributed by atoms with Crippen LogP contribution in [0.15, 0.2) is 54.6 Å². The summed E-state index contributed by atoms with van der Waals surface area (Å²) in [5, 5.41) is 3.51. The molecule has 2 aromatic carbocycles. The third-order valence-corrected chi connectivity index (χ3v) is 3.62. The number of halogens is 1. The molecule has 0 saturated carbocycles. The van der Waals surface area contributed by atoms with Crippen molar-refractivity contribution in [3.8, 4) is 5.75 Å².